The van der Waals surface area contributed by atoms with E-state index in [1.807, 2.05) is 0 Å². The molecule has 1 aromatic carbocycles. The zero-order valence-corrected chi connectivity index (χ0v) is 17.4. The van der Waals surface area contributed by atoms with Gasteiger partial charge < -0.3 is 10.2 Å². The van der Waals surface area contributed by atoms with Crippen LogP contribution >= 0.6 is 11.8 Å². The fourth-order valence-electron chi connectivity index (χ4n) is 3.56. The maximum Gasteiger partial charge on any atom is 0.290 e. The molecule has 2 saturated heterocycles. The molecular weight excluding hydrogens is 424 g/mol. The Bertz CT molecular complexity index is 1020. The quantitative estimate of drug-likeness (QED) is 0.661. The van der Waals surface area contributed by atoms with E-state index < -0.39 is 17.5 Å². The van der Waals surface area contributed by atoms with Crippen LogP contribution in [0.25, 0.3) is 6.08 Å². The van der Waals surface area contributed by atoms with Crippen LogP contribution in [0.15, 0.2) is 35.4 Å². The van der Waals surface area contributed by atoms with E-state index in [-0.39, 0.29) is 5.24 Å². The van der Waals surface area contributed by atoms with E-state index in [4.69, 9.17) is 0 Å². The van der Waals surface area contributed by atoms with Gasteiger partial charge in [-0.25, -0.2) is 18.7 Å². The SMILES string of the molecule is O=C1NC(=O)/C(=C/c2ccnc(N3CCC(CNCc4ccc(F)cc4F)CC3)n2)S1. The van der Waals surface area contributed by atoms with E-state index in [9.17, 15) is 18.4 Å². The fraction of sp³-hybridized carbons (Fsp3) is 0.333. The highest BCUT2D eigenvalue weighted by Crippen LogP contribution is 2.26. The average molecular weight is 445 g/mol. The number of aromatic nitrogens is 2. The van der Waals surface area contributed by atoms with Crippen LogP contribution in [-0.2, 0) is 11.3 Å². The summed E-state index contributed by atoms with van der Waals surface area (Å²) in [6, 6.07) is 5.31. The van der Waals surface area contributed by atoms with Gasteiger partial charge in [-0.15, -0.1) is 0 Å². The molecule has 4 rings (SSSR count). The minimum absolute atomic E-state index is 0.317. The van der Waals surface area contributed by atoms with Crippen molar-refractivity contribution in [2.24, 2.45) is 5.92 Å². The van der Waals surface area contributed by atoms with Crippen molar-refractivity contribution >= 4 is 34.9 Å². The first kappa shape index (κ1) is 21.4. The topological polar surface area (TPSA) is 87.2 Å². The van der Waals surface area contributed by atoms with E-state index in [1.54, 1.807) is 18.3 Å². The van der Waals surface area contributed by atoms with Crippen molar-refractivity contribution < 1.29 is 18.4 Å². The number of carbonyl (C=O) groups is 2. The number of imide groups is 1. The van der Waals surface area contributed by atoms with Gasteiger partial charge in [0.2, 0.25) is 5.95 Å². The maximum atomic E-state index is 13.7. The minimum Gasteiger partial charge on any atom is -0.341 e. The Morgan fingerprint density at radius 3 is 2.74 bits per heavy atom. The van der Waals surface area contributed by atoms with Gasteiger partial charge in [0, 0.05) is 37.5 Å². The monoisotopic (exact) mass is 445 g/mol. The number of nitrogens with one attached hydrogen (secondary N) is 2. The van der Waals surface area contributed by atoms with E-state index in [2.05, 4.69) is 25.5 Å². The Morgan fingerprint density at radius 2 is 2.03 bits per heavy atom. The largest absolute Gasteiger partial charge is 0.341 e. The molecule has 0 spiro atoms. The highest BCUT2D eigenvalue weighted by atomic mass is 32.2. The third kappa shape index (κ3) is 5.45. The number of hydrogen-bond acceptors (Lipinski definition) is 7. The summed E-state index contributed by atoms with van der Waals surface area (Å²) >= 11 is 0.856. The number of amides is 2. The molecule has 2 amide bonds. The molecule has 10 heteroatoms. The van der Waals surface area contributed by atoms with Gasteiger partial charge >= 0.3 is 0 Å². The van der Waals surface area contributed by atoms with Crippen molar-refractivity contribution in [3.05, 3.63) is 58.3 Å². The predicted octanol–water partition coefficient (Wildman–Crippen LogP) is 3.08. The van der Waals surface area contributed by atoms with Gasteiger partial charge in [0.25, 0.3) is 11.1 Å². The third-order valence-corrected chi connectivity index (χ3v) is 6.06. The number of thioether (sulfide) groups is 1. The summed E-state index contributed by atoms with van der Waals surface area (Å²) in [6.07, 6.45) is 5.08. The highest BCUT2D eigenvalue weighted by Gasteiger charge is 2.25. The molecule has 2 N–H and O–H groups in total. The normalized spacial score (nSPS) is 18.6. The number of nitrogens with zero attached hydrogens (tertiary/aromatic N) is 3. The second-order valence-electron chi connectivity index (χ2n) is 7.43. The van der Waals surface area contributed by atoms with Gasteiger partial charge in [0.1, 0.15) is 11.6 Å². The first-order valence-electron chi connectivity index (χ1n) is 9.95. The van der Waals surface area contributed by atoms with Crippen molar-refractivity contribution in [2.45, 2.75) is 19.4 Å². The molecule has 2 aromatic rings. The van der Waals surface area contributed by atoms with E-state index in [0.717, 1.165) is 50.3 Å². The molecule has 0 radical (unpaired) electrons. The Hall–Kier alpha value is -2.85. The zero-order valence-electron chi connectivity index (χ0n) is 16.6. The van der Waals surface area contributed by atoms with Crippen LogP contribution in [0.2, 0.25) is 0 Å². The van der Waals surface area contributed by atoms with Gasteiger partial charge in [-0.2, -0.15) is 0 Å². The molecule has 31 heavy (non-hydrogen) atoms. The molecule has 0 bridgehead atoms. The molecule has 7 nitrogen and oxygen atoms in total. The summed E-state index contributed by atoms with van der Waals surface area (Å²) in [6.45, 7) is 2.67. The standard InChI is InChI=1S/C21H21F2N5O2S/c22-15-2-1-14(17(23)9-15)12-24-11-13-4-7-28(8-5-13)20-25-6-3-16(26-20)10-18-19(29)27-21(30)31-18/h1-3,6,9-10,13,24H,4-5,7-8,11-12H2,(H,27,29,30)/b18-10-. The van der Waals surface area contributed by atoms with Crippen LogP contribution in [0, 0.1) is 17.6 Å². The number of halogens is 2. The summed E-state index contributed by atoms with van der Waals surface area (Å²) in [7, 11) is 0. The second kappa shape index (κ2) is 9.52. The van der Waals surface area contributed by atoms with Crippen LogP contribution in [0.3, 0.4) is 0 Å². The van der Waals surface area contributed by atoms with E-state index in [1.165, 1.54) is 12.1 Å². The van der Waals surface area contributed by atoms with Gasteiger partial charge in [0.15, 0.2) is 0 Å². The van der Waals surface area contributed by atoms with Crippen molar-refractivity contribution in [1.29, 1.82) is 0 Å². The minimum atomic E-state index is -0.574. The molecule has 162 valence electrons. The fourth-order valence-corrected chi connectivity index (χ4v) is 4.23. The molecular formula is C21H21F2N5O2S. The Balaban J connectivity index is 1.28. The maximum absolute atomic E-state index is 13.7. The molecule has 2 fully saturated rings. The van der Waals surface area contributed by atoms with Crippen molar-refractivity contribution in [2.75, 3.05) is 24.5 Å². The molecule has 3 heterocycles. The lowest BCUT2D eigenvalue weighted by molar-refractivity contribution is -0.115. The van der Waals surface area contributed by atoms with E-state index in [0.29, 0.717) is 34.6 Å². The lowest BCUT2D eigenvalue weighted by Crippen LogP contribution is -2.38. The number of anilines is 1. The van der Waals surface area contributed by atoms with Crippen molar-refractivity contribution in [3.63, 3.8) is 0 Å². The van der Waals surface area contributed by atoms with Crippen LogP contribution in [-0.4, -0.2) is 40.7 Å². The van der Waals surface area contributed by atoms with E-state index >= 15 is 0 Å². The summed E-state index contributed by atoms with van der Waals surface area (Å²) in [5.74, 6) is -0.496. The first-order chi connectivity index (χ1) is 15.0. The predicted molar refractivity (Wildman–Crippen MR) is 114 cm³/mol. The molecule has 0 atom stereocenters. The lowest BCUT2D eigenvalue weighted by atomic mass is 9.97. The van der Waals surface area contributed by atoms with Crippen LogP contribution in [0.4, 0.5) is 19.5 Å². The summed E-state index contributed by atoms with van der Waals surface area (Å²) in [5.41, 5.74) is 1.02. The molecule has 0 saturated carbocycles. The summed E-state index contributed by atoms with van der Waals surface area (Å²) in [4.78, 5) is 34.3. The van der Waals surface area contributed by atoms with Gasteiger partial charge in [-0.05, 0) is 55.3 Å². The number of rotatable bonds is 6. The summed E-state index contributed by atoms with van der Waals surface area (Å²) in [5, 5.41) is 5.09. The smallest absolute Gasteiger partial charge is 0.290 e. The Labute approximate surface area is 182 Å². The second-order valence-corrected chi connectivity index (χ2v) is 8.45. The summed E-state index contributed by atoms with van der Waals surface area (Å²) < 4.78 is 26.7. The number of benzene rings is 1. The average Bonchev–Trinajstić information content (AvgIpc) is 3.07. The highest BCUT2D eigenvalue weighted by molar-refractivity contribution is 8.18. The van der Waals surface area contributed by atoms with Crippen molar-refractivity contribution in [1.82, 2.24) is 20.6 Å². The molecule has 0 aliphatic carbocycles. The molecule has 2 aliphatic rings. The van der Waals surface area contributed by atoms with Crippen LogP contribution in [0.5, 0.6) is 0 Å². The molecule has 1 aromatic heterocycles. The third-order valence-electron chi connectivity index (χ3n) is 5.25. The van der Waals surface area contributed by atoms with Crippen molar-refractivity contribution in [3.8, 4) is 0 Å². The van der Waals surface area contributed by atoms with Gasteiger partial charge in [-0.1, -0.05) is 6.07 Å². The van der Waals surface area contributed by atoms with Crippen LogP contribution in [0.1, 0.15) is 24.1 Å². The van der Waals surface area contributed by atoms with Crippen LogP contribution < -0.4 is 15.5 Å². The molecule has 0 unspecified atom stereocenters. The zero-order chi connectivity index (χ0) is 21.8. The number of hydrogen-bond donors (Lipinski definition) is 2. The Morgan fingerprint density at radius 1 is 1.23 bits per heavy atom. The first-order valence-corrected chi connectivity index (χ1v) is 10.8. The Kier molecular flexibility index (Phi) is 6.57. The van der Waals surface area contributed by atoms with Gasteiger partial charge in [0.05, 0.1) is 10.6 Å². The lowest BCUT2D eigenvalue weighted by Gasteiger charge is -2.32. The number of carbonyl (C=O) groups excluding carboxylic acids is 2. The molecule has 2 aliphatic heterocycles. The number of piperidine rings is 1. The van der Waals surface area contributed by atoms with Gasteiger partial charge in [-0.3, -0.25) is 14.9 Å².